The van der Waals surface area contributed by atoms with Crippen LogP contribution in [0.5, 0.6) is 5.75 Å². The lowest BCUT2D eigenvalue weighted by molar-refractivity contribution is 0.474. The molecule has 0 amide bonds. The highest BCUT2D eigenvalue weighted by molar-refractivity contribution is 14.1. The monoisotopic (exact) mass is 337 g/mol. The summed E-state index contributed by atoms with van der Waals surface area (Å²) in [5.74, 6) is 0.624. The Morgan fingerprint density at radius 2 is 1.94 bits per heavy atom. The minimum Gasteiger partial charge on any atom is -0.507 e. The van der Waals surface area contributed by atoms with Gasteiger partial charge in [0.05, 0.1) is 5.56 Å². The molecule has 1 N–H and O–H groups in total. The molecular weight excluding hydrogens is 329 g/mol. The molecule has 0 atom stereocenters. The Bertz CT molecular complexity index is 658. The maximum absolute atomic E-state index is 9.81. The number of rotatable bonds is 1. The van der Waals surface area contributed by atoms with Crippen molar-refractivity contribution in [3.05, 3.63) is 46.0 Å². The smallest absolute Gasteiger partial charge is 0.231 e. The molecule has 2 aromatic carbocycles. The normalized spacial score (nSPS) is 10.9. The second kappa shape index (κ2) is 4.03. The van der Waals surface area contributed by atoms with Crippen molar-refractivity contribution in [2.45, 2.75) is 0 Å². The predicted molar refractivity (Wildman–Crippen MR) is 73.8 cm³/mol. The molecule has 17 heavy (non-hydrogen) atoms. The van der Waals surface area contributed by atoms with Gasteiger partial charge in [0.25, 0.3) is 0 Å². The standard InChI is InChI=1S/C13H8INO2/c14-8-5-6-11(16)9(7-8)13-15-10-3-1-2-4-12(10)17-13/h1-7,16H. The summed E-state index contributed by atoms with van der Waals surface area (Å²) in [6, 6.07) is 12.9. The molecule has 1 aromatic heterocycles. The van der Waals surface area contributed by atoms with Crippen LogP contribution < -0.4 is 0 Å². The Balaban J connectivity index is 2.23. The van der Waals surface area contributed by atoms with Crippen molar-refractivity contribution in [2.75, 3.05) is 0 Å². The Hall–Kier alpha value is -1.56. The summed E-state index contributed by atoms with van der Waals surface area (Å²) in [5.41, 5.74) is 2.13. The van der Waals surface area contributed by atoms with E-state index in [1.807, 2.05) is 36.4 Å². The Kier molecular flexibility index (Phi) is 2.51. The number of aromatic nitrogens is 1. The first-order valence-electron chi connectivity index (χ1n) is 5.08. The second-order valence-corrected chi connectivity index (χ2v) is 4.89. The summed E-state index contributed by atoms with van der Waals surface area (Å²) in [5, 5.41) is 9.81. The molecule has 1 heterocycles. The van der Waals surface area contributed by atoms with E-state index >= 15 is 0 Å². The fraction of sp³-hybridized carbons (Fsp3) is 0. The van der Waals surface area contributed by atoms with Crippen LogP contribution in [0, 0.1) is 3.57 Å². The van der Waals surface area contributed by atoms with E-state index in [0.717, 1.165) is 14.7 Å². The number of aromatic hydroxyl groups is 1. The molecule has 0 spiro atoms. The quantitative estimate of drug-likeness (QED) is 0.687. The van der Waals surface area contributed by atoms with Gasteiger partial charge in [0.2, 0.25) is 5.89 Å². The molecule has 3 rings (SSSR count). The van der Waals surface area contributed by atoms with Gasteiger partial charge >= 0.3 is 0 Å². The van der Waals surface area contributed by atoms with E-state index in [-0.39, 0.29) is 5.75 Å². The summed E-state index contributed by atoms with van der Waals surface area (Å²) < 4.78 is 6.64. The van der Waals surface area contributed by atoms with Gasteiger partial charge in [-0.05, 0) is 52.9 Å². The van der Waals surface area contributed by atoms with Gasteiger partial charge in [-0.2, -0.15) is 0 Å². The lowest BCUT2D eigenvalue weighted by Gasteiger charge is -1.99. The molecule has 0 bridgehead atoms. The second-order valence-electron chi connectivity index (χ2n) is 3.65. The van der Waals surface area contributed by atoms with Gasteiger partial charge in [-0.3, -0.25) is 0 Å². The zero-order valence-electron chi connectivity index (χ0n) is 8.72. The van der Waals surface area contributed by atoms with E-state index in [0.29, 0.717) is 11.5 Å². The van der Waals surface area contributed by atoms with Crippen molar-refractivity contribution < 1.29 is 9.52 Å². The number of nitrogens with zero attached hydrogens (tertiary/aromatic N) is 1. The van der Waals surface area contributed by atoms with E-state index in [4.69, 9.17) is 4.42 Å². The van der Waals surface area contributed by atoms with Gasteiger partial charge in [0, 0.05) is 3.57 Å². The number of para-hydroxylation sites is 2. The Morgan fingerprint density at radius 3 is 2.76 bits per heavy atom. The van der Waals surface area contributed by atoms with Gasteiger partial charge in [0.15, 0.2) is 5.58 Å². The van der Waals surface area contributed by atoms with Crippen LogP contribution >= 0.6 is 22.6 Å². The average Bonchev–Trinajstić information content (AvgIpc) is 2.75. The minimum absolute atomic E-state index is 0.178. The average molecular weight is 337 g/mol. The number of halogens is 1. The Morgan fingerprint density at radius 1 is 1.12 bits per heavy atom. The van der Waals surface area contributed by atoms with Gasteiger partial charge < -0.3 is 9.52 Å². The number of hydrogen-bond acceptors (Lipinski definition) is 3. The van der Waals surface area contributed by atoms with Crippen LogP contribution in [0.4, 0.5) is 0 Å². The summed E-state index contributed by atoms with van der Waals surface area (Å²) in [4.78, 5) is 4.35. The van der Waals surface area contributed by atoms with Crippen molar-refractivity contribution in [3.8, 4) is 17.2 Å². The highest BCUT2D eigenvalue weighted by Crippen LogP contribution is 2.31. The molecule has 0 saturated carbocycles. The first-order valence-corrected chi connectivity index (χ1v) is 6.16. The summed E-state index contributed by atoms with van der Waals surface area (Å²) in [6.07, 6.45) is 0. The molecular formula is C13H8INO2. The van der Waals surface area contributed by atoms with E-state index < -0.39 is 0 Å². The SMILES string of the molecule is Oc1ccc(I)cc1-c1nc2ccccc2o1. The van der Waals surface area contributed by atoms with Crippen LogP contribution in [0.15, 0.2) is 46.9 Å². The number of hydrogen-bond donors (Lipinski definition) is 1. The fourth-order valence-electron chi connectivity index (χ4n) is 1.67. The maximum Gasteiger partial charge on any atom is 0.231 e. The van der Waals surface area contributed by atoms with Gasteiger partial charge in [-0.1, -0.05) is 12.1 Å². The molecule has 84 valence electrons. The van der Waals surface area contributed by atoms with Crippen molar-refractivity contribution in [1.82, 2.24) is 4.98 Å². The molecule has 4 heteroatoms. The van der Waals surface area contributed by atoms with Crippen LogP contribution in [0.3, 0.4) is 0 Å². The first-order chi connectivity index (χ1) is 8.24. The zero-order valence-corrected chi connectivity index (χ0v) is 10.9. The molecule has 0 radical (unpaired) electrons. The molecule has 0 unspecified atom stereocenters. The lowest BCUT2D eigenvalue weighted by atomic mass is 10.2. The number of benzene rings is 2. The molecule has 3 nitrogen and oxygen atoms in total. The van der Waals surface area contributed by atoms with Gasteiger partial charge in [-0.15, -0.1) is 0 Å². The summed E-state index contributed by atoms with van der Waals surface area (Å²) in [7, 11) is 0. The third kappa shape index (κ3) is 1.88. The predicted octanol–water partition coefficient (Wildman–Crippen LogP) is 3.81. The number of fused-ring (bicyclic) bond motifs is 1. The van der Waals surface area contributed by atoms with Crippen LogP contribution in [0.2, 0.25) is 0 Å². The maximum atomic E-state index is 9.81. The fourth-order valence-corrected chi connectivity index (χ4v) is 2.16. The molecule has 0 fully saturated rings. The molecule has 0 aliphatic carbocycles. The van der Waals surface area contributed by atoms with E-state index in [2.05, 4.69) is 27.6 Å². The van der Waals surface area contributed by atoms with Gasteiger partial charge in [-0.25, -0.2) is 4.98 Å². The molecule has 3 aromatic rings. The van der Waals surface area contributed by atoms with Crippen LogP contribution in [-0.4, -0.2) is 10.1 Å². The third-order valence-electron chi connectivity index (χ3n) is 2.48. The molecule has 0 aliphatic heterocycles. The zero-order chi connectivity index (χ0) is 11.8. The third-order valence-corrected chi connectivity index (χ3v) is 3.15. The van der Waals surface area contributed by atoms with Crippen molar-refractivity contribution >= 4 is 33.7 Å². The minimum atomic E-state index is 0.178. The van der Waals surface area contributed by atoms with Crippen molar-refractivity contribution in [2.24, 2.45) is 0 Å². The van der Waals surface area contributed by atoms with Crippen LogP contribution in [0.1, 0.15) is 0 Å². The molecule has 0 aliphatic rings. The Labute approximate surface area is 111 Å². The number of oxazole rings is 1. The van der Waals surface area contributed by atoms with E-state index in [9.17, 15) is 5.11 Å². The molecule has 0 saturated heterocycles. The topological polar surface area (TPSA) is 46.3 Å². The highest BCUT2D eigenvalue weighted by atomic mass is 127. The highest BCUT2D eigenvalue weighted by Gasteiger charge is 2.12. The van der Waals surface area contributed by atoms with Crippen molar-refractivity contribution in [1.29, 1.82) is 0 Å². The largest absolute Gasteiger partial charge is 0.507 e. The summed E-state index contributed by atoms with van der Waals surface area (Å²) in [6.45, 7) is 0. The number of phenolic OH excluding ortho intramolecular Hbond substituents is 1. The lowest BCUT2D eigenvalue weighted by Crippen LogP contribution is -1.80. The van der Waals surface area contributed by atoms with Crippen LogP contribution in [0.25, 0.3) is 22.6 Å². The van der Waals surface area contributed by atoms with Crippen LogP contribution in [-0.2, 0) is 0 Å². The first kappa shape index (κ1) is 10.6. The summed E-state index contributed by atoms with van der Waals surface area (Å²) >= 11 is 2.19. The van der Waals surface area contributed by atoms with E-state index in [1.54, 1.807) is 6.07 Å². The van der Waals surface area contributed by atoms with Gasteiger partial charge in [0.1, 0.15) is 11.3 Å². The number of phenols is 1. The van der Waals surface area contributed by atoms with Crippen molar-refractivity contribution in [3.63, 3.8) is 0 Å². The van der Waals surface area contributed by atoms with E-state index in [1.165, 1.54) is 0 Å².